The van der Waals surface area contributed by atoms with Crippen molar-refractivity contribution >= 4 is 11.7 Å². The number of nitriles is 1. The first-order chi connectivity index (χ1) is 8.11. The van der Waals surface area contributed by atoms with Gasteiger partial charge in [-0.25, -0.2) is 4.98 Å². The van der Waals surface area contributed by atoms with Gasteiger partial charge in [0.2, 0.25) is 0 Å². The van der Waals surface area contributed by atoms with Gasteiger partial charge in [-0.3, -0.25) is 4.79 Å². The normalized spacial score (nSPS) is 11.5. The number of carboxylic acid groups (broad SMARTS) is 1. The highest BCUT2D eigenvalue weighted by Gasteiger charge is 2.04. The lowest BCUT2D eigenvalue weighted by Gasteiger charge is -2.14. The zero-order chi connectivity index (χ0) is 12.7. The summed E-state index contributed by atoms with van der Waals surface area (Å²) in [5.41, 5.74) is 1.22. The van der Waals surface area contributed by atoms with Crippen LogP contribution < -0.4 is 5.32 Å². The SMILES string of the molecule is CC(CCCC(=O)O)Nc1ccc(C#N)nc1. The molecular weight excluding hydrogens is 218 g/mol. The summed E-state index contributed by atoms with van der Waals surface area (Å²) in [6.45, 7) is 1.99. The third-order valence-electron chi connectivity index (χ3n) is 2.32. The molecule has 5 heteroatoms. The van der Waals surface area contributed by atoms with Crippen molar-refractivity contribution in [3.8, 4) is 6.07 Å². The molecule has 5 nitrogen and oxygen atoms in total. The van der Waals surface area contributed by atoms with Gasteiger partial charge in [-0.05, 0) is 31.9 Å². The highest BCUT2D eigenvalue weighted by Crippen LogP contribution is 2.10. The van der Waals surface area contributed by atoms with Crippen LogP contribution in [0.5, 0.6) is 0 Å². The zero-order valence-electron chi connectivity index (χ0n) is 9.68. The molecule has 0 aliphatic heterocycles. The molecule has 1 aromatic heterocycles. The second kappa shape index (κ2) is 6.48. The zero-order valence-corrected chi connectivity index (χ0v) is 9.68. The van der Waals surface area contributed by atoms with Gasteiger partial charge in [0.15, 0.2) is 0 Å². The van der Waals surface area contributed by atoms with E-state index in [1.165, 1.54) is 0 Å². The largest absolute Gasteiger partial charge is 0.481 e. The molecule has 0 saturated heterocycles. The Balaban J connectivity index is 2.37. The first-order valence-electron chi connectivity index (χ1n) is 5.46. The lowest BCUT2D eigenvalue weighted by Crippen LogP contribution is -2.15. The van der Waals surface area contributed by atoms with Crippen LogP contribution in [0.25, 0.3) is 0 Å². The van der Waals surface area contributed by atoms with Crippen molar-refractivity contribution < 1.29 is 9.90 Å². The van der Waals surface area contributed by atoms with E-state index in [-0.39, 0.29) is 12.5 Å². The van der Waals surface area contributed by atoms with E-state index in [2.05, 4.69) is 10.3 Å². The summed E-state index contributed by atoms with van der Waals surface area (Å²) in [7, 11) is 0. The average molecular weight is 233 g/mol. The van der Waals surface area contributed by atoms with Crippen LogP contribution in [-0.2, 0) is 4.79 Å². The monoisotopic (exact) mass is 233 g/mol. The Morgan fingerprint density at radius 1 is 1.65 bits per heavy atom. The third kappa shape index (κ3) is 4.98. The van der Waals surface area contributed by atoms with Crippen LogP contribution in [0.1, 0.15) is 31.9 Å². The number of pyridine rings is 1. The van der Waals surface area contributed by atoms with E-state index in [9.17, 15) is 4.79 Å². The highest BCUT2D eigenvalue weighted by molar-refractivity contribution is 5.66. The minimum absolute atomic E-state index is 0.184. The maximum Gasteiger partial charge on any atom is 0.303 e. The van der Waals surface area contributed by atoms with E-state index in [1.54, 1.807) is 18.3 Å². The van der Waals surface area contributed by atoms with Crippen molar-refractivity contribution in [2.45, 2.75) is 32.2 Å². The Bertz CT molecular complexity index is 409. The fourth-order valence-corrected chi connectivity index (χ4v) is 1.46. The number of hydrogen-bond acceptors (Lipinski definition) is 4. The Kier molecular flexibility index (Phi) is 4.95. The smallest absolute Gasteiger partial charge is 0.303 e. The number of nitrogens with one attached hydrogen (secondary N) is 1. The molecule has 90 valence electrons. The molecule has 1 aromatic rings. The van der Waals surface area contributed by atoms with Gasteiger partial charge in [0.25, 0.3) is 0 Å². The van der Waals surface area contributed by atoms with Crippen molar-refractivity contribution in [3.05, 3.63) is 24.0 Å². The Morgan fingerprint density at radius 3 is 2.94 bits per heavy atom. The molecule has 0 aromatic carbocycles. The number of rotatable bonds is 6. The van der Waals surface area contributed by atoms with Crippen LogP contribution in [0.4, 0.5) is 5.69 Å². The van der Waals surface area contributed by atoms with Gasteiger partial charge in [-0.1, -0.05) is 0 Å². The molecule has 17 heavy (non-hydrogen) atoms. The lowest BCUT2D eigenvalue weighted by molar-refractivity contribution is -0.137. The molecule has 0 bridgehead atoms. The van der Waals surface area contributed by atoms with Crippen molar-refractivity contribution in [2.24, 2.45) is 0 Å². The number of aliphatic carboxylic acids is 1. The number of aromatic nitrogens is 1. The second-order valence-electron chi connectivity index (χ2n) is 3.88. The molecule has 1 rings (SSSR count). The fourth-order valence-electron chi connectivity index (χ4n) is 1.46. The minimum atomic E-state index is -0.766. The topological polar surface area (TPSA) is 86.0 Å². The number of carbonyl (C=O) groups is 1. The van der Waals surface area contributed by atoms with E-state index in [1.807, 2.05) is 13.0 Å². The average Bonchev–Trinajstić information content (AvgIpc) is 2.29. The maximum absolute atomic E-state index is 10.3. The fraction of sp³-hybridized carbons (Fsp3) is 0.417. The van der Waals surface area contributed by atoms with Crippen LogP contribution >= 0.6 is 0 Å². The molecule has 1 atom stereocenters. The van der Waals surface area contributed by atoms with Crippen molar-refractivity contribution in [1.82, 2.24) is 4.98 Å². The number of hydrogen-bond donors (Lipinski definition) is 2. The molecule has 0 radical (unpaired) electrons. The summed E-state index contributed by atoms with van der Waals surface area (Å²) >= 11 is 0. The van der Waals surface area contributed by atoms with Gasteiger partial charge >= 0.3 is 5.97 Å². The van der Waals surface area contributed by atoms with E-state index in [0.717, 1.165) is 12.1 Å². The van der Waals surface area contributed by atoms with E-state index in [0.29, 0.717) is 12.1 Å². The molecule has 2 N–H and O–H groups in total. The highest BCUT2D eigenvalue weighted by atomic mass is 16.4. The van der Waals surface area contributed by atoms with Gasteiger partial charge in [0, 0.05) is 12.5 Å². The van der Waals surface area contributed by atoms with Crippen molar-refractivity contribution in [1.29, 1.82) is 5.26 Å². The van der Waals surface area contributed by atoms with E-state index >= 15 is 0 Å². The summed E-state index contributed by atoms with van der Waals surface area (Å²) in [6.07, 6.45) is 3.23. The number of anilines is 1. The van der Waals surface area contributed by atoms with Crippen LogP contribution in [0, 0.1) is 11.3 Å². The molecule has 1 heterocycles. The quantitative estimate of drug-likeness (QED) is 0.784. The Labute approximate surface area is 100 Å². The van der Waals surface area contributed by atoms with Crippen LogP contribution in [0.3, 0.4) is 0 Å². The minimum Gasteiger partial charge on any atom is -0.481 e. The third-order valence-corrected chi connectivity index (χ3v) is 2.32. The van der Waals surface area contributed by atoms with Gasteiger partial charge in [-0.2, -0.15) is 5.26 Å². The van der Waals surface area contributed by atoms with Gasteiger partial charge in [-0.15, -0.1) is 0 Å². The summed E-state index contributed by atoms with van der Waals surface area (Å²) in [6, 6.07) is 5.57. The van der Waals surface area contributed by atoms with E-state index < -0.39 is 5.97 Å². The molecule has 0 aliphatic carbocycles. The predicted molar refractivity (Wildman–Crippen MR) is 63.5 cm³/mol. The van der Waals surface area contributed by atoms with Gasteiger partial charge in [0.05, 0.1) is 11.9 Å². The maximum atomic E-state index is 10.3. The number of carboxylic acids is 1. The molecule has 0 spiro atoms. The second-order valence-corrected chi connectivity index (χ2v) is 3.88. The Morgan fingerprint density at radius 2 is 2.41 bits per heavy atom. The summed E-state index contributed by atoms with van der Waals surface area (Å²) < 4.78 is 0. The first kappa shape index (κ1) is 13.0. The van der Waals surface area contributed by atoms with Crippen LogP contribution in [-0.4, -0.2) is 22.1 Å². The molecule has 0 amide bonds. The standard InChI is InChI=1S/C12H15N3O2/c1-9(3-2-4-12(16)17)15-11-6-5-10(7-13)14-8-11/h5-6,8-9,15H,2-4H2,1H3,(H,16,17). The Hall–Kier alpha value is -2.09. The molecule has 0 fully saturated rings. The molecular formula is C12H15N3O2. The lowest BCUT2D eigenvalue weighted by atomic mass is 10.1. The summed E-state index contributed by atoms with van der Waals surface area (Å²) in [5.74, 6) is -0.766. The molecule has 0 saturated carbocycles. The molecule has 0 aliphatic rings. The predicted octanol–water partition coefficient (Wildman–Crippen LogP) is 2.01. The molecule has 1 unspecified atom stereocenters. The van der Waals surface area contributed by atoms with Crippen molar-refractivity contribution in [2.75, 3.05) is 5.32 Å². The van der Waals surface area contributed by atoms with Crippen LogP contribution in [0.15, 0.2) is 18.3 Å². The number of nitrogens with zero attached hydrogens (tertiary/aromatic N) is 2. The van der Waals surface area contributed by atoms with Crippen LogP contribution in [0.2, 0.25) is 0 Å². The van der Waals surface area contributed by atoms with E-state index in [4.69, 9.17) is 10.4 Å². The van der Waals surface area contributed by atoms with Gasteiger partial charge < -0.3 is 10.4 Å². The first-order valence-corrected chi connectivity index (χ1v) is 5.46. The summed E-state index contributed by atoms with van der Waals surface area (Å²) in [4.78, 5) is 14.3. The van der Waals surface area contributed by atoms with Gasteiger partial charge in [0.1, 0.15) is 11.8 Å². The van der Waals surface area contributed by atoms with Crippen molar-refractivity contribution in [3.63, 3.8) is 0 Å². The summed E-state index contributed by atoms with van der Waals surface area (Å²) in [5, 5.41) is 20.3.